The maximum absolute atomic E-state index is 6.36. The van der Waals surface area contributed by atoms with Crippen molar-refractivity contribution in [3.63, 3.8) is 0 Å². The Morgan fingerprint density at radius 1 is 0.386 bits per heavy atom. The zero-order valence-corrected chi connectivity index (χ0v) is 31.1. The molecule has 0 spiro atoms. The molecular weight excluding hydrogens is 697 g/mol. The van der Waals surface area contributed by atoms with Gasteiger partial charge in [0.05, 0.1) is 16.7 Å². The first-order chi connectivity index (χ1) is 28.2. The summed E-state index contributed by atoms with van der Waals surface area (Å²) in [5.41, 5.74) is 13.3. The fourth-order valence-corrected chi connectivity index (χ4v) is 8.26. The number of rotatable bonds is 6. The highest BCUT2D eigenvalue weighted by Crippen LogP contribution is 2.42. The monoisotopic (exact) mass is 730 g/mol. The first-order valence-corrected chi connectivity index (χ1v) is 19.2. The predicted molar refractivity (Wildman–Crippen MR) is 233 cm³/mol. The number of hydrogen-bond donors (Lipinski definition) is 0. The summed E-state index contributed by atoms with van der Waals surface area (Å²) in [6, 6.07) is 65.7. The van der Waals surface area contributed by atoms with Crippen LogP contribution in [0.15, 0.2) is 192 Å². The number of aromatic nitrogens is 4. The molecule has 8 aromatic carbocycles. The highest BCUT2D eigenvalue weighted by molar-refractivity contribution is 6.13. The number of nitrogens with zero attached hydrogens (tertiary/aromatic N) is 4. The van der Waals surface area contributed by atoms with Crippen molar-refractivity contribution >= 4 is 43.7 Å². The molecular formula is C52H34N4O. The van der Waals surface area contributed by atoms with E-state index in [0.29, 0.717) is 17.5 Å². The molecule has 11 rings (SSSR count). The molecule has 0 N–H and O–H groups in total. The van der Waals surface area contributed by atoms with Crippen LogP contribution >= 0.6 is 0 Å². The molecule has 57 heavy (non-hydrogen) atoms. The van der Waals surface area contributed by atoms with E-state index in [0.717, 1.165) is 72.0 Å². The number of furan rings is 1. The largest absolute Gasteiger partial charge is 0.456 e. The maximum Gasteiger partial charge on any atom is 0.166 e. The molecule has 268 valence electrons. The molecule has 0 radical (unpaired) electrons. The van der Waals surface area contributed by atoms with Gasteiger partial charge in [-0.2, -0.15) is 0 Å². The first-order valence-electron chi connectivity index (χ1n) is 19.2. The third-order valence-electron chi connectivity index (χ3n) is 10.9. The zero-order chi connectivity index (χ0) is 37.9. The third-order valence-corrected chi connectivity index (χ3v) is 10.9. The Morgan fingerprint density at radius 3 is 1.75 bits per heavy atom. The van der Waals surface area contributed by atoms with Crippen molar-refractivity contribution in [3.05, 3.63) is 194 Å². The van der Waals surface area contributed by atoms with Crippen LogP contribution in [0.4, 0.5) is 0 Å². The van der Waals surface area contributed by atoms with Crippen LogP contribution in [0.25, 0.3) is 106 Å². The van der Waals surface area contributed by atoms with Crippen LogP contribution in [0.5, 0.6) is 0 Å². The molecule has 0 bridgehead atoms. The van der Waals surface area contributed by atoms with Gasteiger partial charge in [-0.1, -0.05) is 157 Å². The summed E-state index contributed by atoms with van der Waals surface area (Å²) in [6.45, 7) is 2.14. The molecule has 3 heterocycles. The number of para-hydroxylation sites is 2. The van der Waals surface area contributed by atoms with Gasteiger partial charge in [0.1, 0.15) is 11.2 Å². The molecule has 0 fully saturated rings. The van der Waals surface area contributed by atoms with Gasteiger partial charge in [0.25, 0.3) is 0 Å². The summed E-state index contributed by atoms with van der Waals surface area (Å²) in [4.78, 5) is 15.6. The Balaban J connectivity index is 1.23. The van der Waals surface area contributed by atoms with E-state index in [1.165, 1.54) is 21.9 Å². The summed E-state index contributed by atoms with van der Waals surface area (Å²) in [7, 11) is 0. The van der Waals surface area contributed by atoms with Gasteiger partial charge in [-0.15, -0.1) is 0 Å². The molecule has 0 unspecified atom stereocenters. The number of hydrogen-bond acceptors (Lipinski definition) is 4. The second kappa shape index (κ2) is 13.3. The lowest BCUT2D eigenvalue weighted by atomic mass is 9.96. The van der Waals surface area contributed by atoms with E-state index in [1.807, 2.05) is 54.6 Å². The molecule has 0 saturated heterocycles. The number of aryl methyl sites for hydroxylation is 1. The molecule has 3 aromatic heterocycles. The lowest BCUT2D eigenvalue weighted by molar-refractivity contribution is 0.669. The topological polar surface area (TPSA) is 56.7 Å². The second-order valence-electron chi connectivity index (χ2n) is 14.5. The van der Waals surface area contributed by atoms with Crippen molar-refractivity contribution in [2.75, 3.05) is 0 Å². The van der Waals surface area contributed by atoms with Crippen LogP contribution in [-0.2, 0) is 0 Å². The van der Waals surface area contributed by atoms with Gasteiger partial charge in [0.2, 0.25) is 0 Å². The van der Waals surface area contributed by atoms with Gasteiger partial charge in [-0.3, -0.25) is 0 Å². The first kappa shape index (κ1) is 32.8. The van der Waals surface area contributed by atoms with Crippen LogP contribution in [0.1, 0.15) is 5.56 Å². The van der Waals surface area contributed by atoms with Crippen LogP contribution in [0.2, 0.25) is 0 Å². The van der Waals surface area contributed by atoms with Gasteiger partial charge in [0.15, 0.2) is 17.5 Å². The van der Waals surface area contributed by atoms with Crippen LogP contribution < -0.4 is 0 Å². The fraction of sp³-hybridized carbons (Fsp3) is 0.0192. The van der Waals surface area contributed by atoms with E-state index in [1.54, 1.807) is 0 Å². The third kappa shape index (κ3) is 5.59. The minimum absolute atomic E-state index is 0.588. The van der Waals surface area contributed by atoms with Crippen molar-refractivity contribution < 1.29 is 4.42 Å². The average Bonchev–Trinajstić information content (AvgIpc) is 3.82. The quantitative estimate of drug-likeness (QED) is 0.171. The molecule has 5 nitrogen and oxygen atoms in total. The molecule has 5 heteroatoms. The van der Waals surface area contributed by atoms with Gasteiger partial charge >= 0.3 is 0 Å². The summed E-state index contributed by atoms with van der Waals surface area (Å²) >= 11 is 0. The van der Waals surface area contributed by atoms with E-state index < -0.39 is 0 Å². The Kier molecular flexibility index (Phi) is 7.64. The fourth-order valence-electron chi connectivity index (χ4n) is 8.26. The summed E-state index contributed by atoms with van der Waals surface area (Å²) in [6.07, 6.45) is 0. The molecule has 0 aliphatic heterocycles. The molecule has 0 aliphatic carbocycles. The van der Waals surface area contributed by atoms with Gasteiger partial charge < -0.3 is 8.98 Å². The Labute approximate surface area is 329 Å². The van der Waals surface area contributed by atoms with Gasteiger partial charge in [0, 0.05) is 38.2 Å². The lowest BCUT2D eigenvalue weighted by Crippen LogP contribution is -2.04. The second-order valence-corrected chi connectivity index (χ2v) is 14.5. The zero-order valence-electron chi connectivity index (χ0n) is 31.1. The van der Waals surface area contributed by atoms with Crippen molar-refractivity contribution in [2.24, 2.45) is 0 Å². The Bertz CT molecular complexity index is 3250. The van der Waals surface area contributed by atoms with Gasteiger partial charge in [-0.05, 0) is 65.6 Å². The van der Waals surface area contributed by atoms with E-state index in [9.17, 15) is 0 Å². The Morgan fingerprint density at radius 2 is 0.982 bits per heavy atom. The highest BCUT2D eigenvalue weighted by atomic mass is 16.3. The van der Waals surface area contributed by atoms with Crippen LogP contribution in [0, 0.1) is 6.92 Å². The predicted octanol–water partition coefficient (Wildman–Crippen LogP) is 13.5. The Hall–Kier alpha value is -7.63. The summed E-state index contributed by atoms with van der Waals surface area (Å²) in [5, 5.41) is 4.52. The molecule has 0 saturated carbocycles. The maximum atomic E-state index is 6.36. The lowest BCUT2D eigenvalue weighted by Gasteiger charge is -2.17. The SMILES string of the molecule is Cc1cccc(-c2ccc3c4ccccc4n(-c4ccc(-c5cccc6oc7ccccc7c56)cc4-c4nc(-c5ccccc5)nc(-c5ccccc5)n4)c3c2)c1. The molecule has 0 amide bonds. The summed E-state index contributed by atoms with van der Waals surface area (Å²) < 4.78 is 8.74. The van der Waals surface area contributed by atoms with Crippen LogP contribution in [0.3, 0.4) is 0 Å². The standard InChI is InChI=1S/C52H34N4O/c1-33-14-12-19-36(30-33)37-26-28-41-40-20-8-10-23-44(40)56(46(41)32-37)45-29-27-38(39-22-13-25-48-49(39)42-21-9-11-24-47(42)57-48)31-43(45)52-54-50(34-15-4-2-5-16-34)53-51(55-52)35-17-6-3-7-18-35/h2-32H,1H3. The smallest absolute Gasteiger partial charge is 0.166 e. The minimum Gasteiger partial charge on any atom is -0.456 e. The number of fused-ring (bicyclic) bond motifs is 6. The van der Waals surface area contributed by atoms with Crippen molar-refractivity contribution in [1.29, 1.82) is 0 Å². The molecule has 0 aliphatic rings. The van der Waals surface area contributed by atoms with Crippen molar-refractivity contribution in [3.8, 4) is 62.1 Å². The summed E-state index contributed by atoms with van der Waals surface area (Å²) in [5.74, 6) is 1.81. The van der Waals surface area contributed by atoms with Crippen LogP contribution in [-0.4, -0.2) is 19.5 Å². The van der Waals surface area contributed by atoms with Crippen molar-refractivity contribution in [2.45, 2.75) is 6.92 Å². The highest BCUT2D eigenvalue weighted by Gasteiger charge is 2.22. The van der Waals surface area contributed by atoms with E-state index in [2.05, 4.69) is 145 Å². The van der Waals surface area contributed by atoms with E-state index in [4.69, 9.17) is 19.4 Å². The van der Waals surface area contributed by atoms with E-state index >= 15 is 0 Å². The average molecular weight is 731 g/mol. The van der Waals surface area contributed by atoms with Gasteiger partial charge in [-0.25, -0.2) is 15.0 Å². The van der Waals surface area contributed by atoms with Crippen molar-refractivity contribution in [1.82, 2.24) is 19.5 Å². The number of benzene rings is 8. The molecule has 0 atom stereocenters. The van der Waals surface area contributed by atoms with E-state index in [-0.39, 0.29) is 0 Å². The molecule has 11 aromatic rings. The normalized spacial score (nSPS) is 11.6. The minimum atomic E-state index is 0.588.